The number of morpholine rings is 1. The van der Waals surface area contributed by atoms with Gasteiger partial charge in [-0.25, -0.2) is 4.79 Å². The molecule has 0 unspecified atom stereocenters. The third-order valence-electron chi connectivity index (χ3n) is 5.23. The molecule has 0 aliphatic carbocycles. The Bertz CT molecular complexity index is 1050. The molecule has 31 heavy (non-hydrogen) atoms. The number of Topliss-reactive ketones (excluding diaryl/α,β-unsaturated/α-hetero) is 1. The fourth-order valence-corrected chi connectivity index (χ4v) is 3.46. The number of carbonyl (C=O) groups is 2. The third-order valence-corrected chi connectivity index (χ3v) is 5.23. The molecular formula is C23H23NO7. The van der Waals surface area contributed by atoms with Crippen LogP contribution in [0.1, 0.15) is 21.5 Å². The molecule has 0 saturated carbocycles. The maximum absolute atomic E-state index is 12.9. The second-order valence-electron chi connectivity index (χ2n) is 7.08. The third kappa shape index (κ3) is 4.06. The predicted octanol–water partition coefficient (Wildman–Crippen LogP) is 3.46. The van der Waals surface area contributed by atoms with Crippen molar-refractivity contribution in [2.75, 3.05) is 40.5 Å². The lowest BCUT2D eigenvalue weighted by molar-refractivity contribution is 0.0415. The van der Waals surface area contributed by atoms with E-state index in [1.54, 1.807) is 62.5 Å². The molecule has 0 radical (unpaired) electrons. The largest absolute Gasteiger partial charge is 0.497 e. The van der Waals surface area contributed by atoms with Crippen LogP contribution in [-0.4, -0.2) is 57.3 Å². The summed E-state index contributed by atoms with van der Waals surface area (Å²) in [7, 11) is 3.11. The van der Waals surface area contributed by atoms with Gasteiger partial charge in [0.2, 0.25) is 5.78 Å². The lowest BCUT2D eigenvalue weighted by Gasteiger charge is -2.26. The van der Waals surface area contributed by atoms with Gasteiger partial charge in [0.05, 0.1) is 33.0 Å². The highest BCUT2D eigenvalue weighted by molar-refractivity contribution is 6.15. The Hall–Kier alpha value is -3.52. The number of hydrogen-bond acceptors (Lipinski definition) is 7. The first kappa shape index (κ1) is 20.7. The lowest BCUT2D eigenvalue weighted by Crippen LogP contribution is -2.42. The van der Waals surface area contributed by atoms with Gasteiger partial charge in [0.1, 0.15) is 23.0 Å². The fraction of sp³-hybridized carbons (Fsp3) is 0.304. The van der Waals surface area contributed by atoms with E-state index in [4.69, 9.17) is 23.7 Å². The molecule has 1 amide bonds. The van der Waals surface area contributed by atoms with E-state index in [9.17, 15) is 9.59 Å². The van der Waals surface area contributed by atoms with Crippen molar-refractivity contribution in [2.45, 2.75) is 6.92 Å². The van der Waals surface area contributed by atoms with Gasteiger partial charge >= 0.3 is 6.09 Å². The summed E-state index contributed by atoms with van der Waals surface area (Å²) in [6.07, 6.45) is 1.17. The average molecular weight is 425 g/mol. The number of rotatable bonds is 4. The standard InChI is InChI=1S/C23H23NO7/c1-14-18(31-23(26)24-8-10-29-11-9-24)7-6-17-21(25)20(30-22(14)17)12-15-4-5-16(27-2)13-19(15)28-3/h4-7,12-13H,8-11H2,1-3H3/b20-12-. The van der Waals surface area contributed by atoms with Gasteiger partial charge in [0.15, 0.2) is 5.76 Å². The summed E-state index contributed by atoms with van der Waals surface area (Å²) in [5, 5.41) is 0. The molecule has 0 bridgehead atoms. The van der Waals surface area contributed by atoms with Crippen LogP contribution in [-0.2, 0) is 4.74 Å². The van der Waals surface area contributed by atoms with Gasteiger partial charge in [0, 0.05) is 30.3 Å². The highest BCUT2D eigenvalue weighted by atomic mass is 16.6. The van der Waals surface area contributed by atoms with E-state index in [2.05, 4.69) is 0 Å². The van der Waals surface area contributed by atoms with E-state index < -0.39 is 6.09 Å². The second kappa shape index (κ2) is 8.69. The summed E-state index contributed by atoms with van der Waals surface area (Å²) < 4.78 is 27.3. The maximum Gasteiger partial charge on any atom is 0.415 e. The Morgan fingerprint density at radius 3 is 2.55 bits per heavy atom. The predicted molar refractivity (Wildman–Crippen MR) is 112 cm³/mol. The summed E-state index contributed by atoms with van der Waals surface area (Å²) in [5.74, 6) is 1.85. The summed E-state index contributed by atoms with van der Waals surface area (Å²) in [6, 6.07) is 8.51. The Morgan fingerprint density at radius 2 is 1.84 bits per heavy atom. The molecule has 2 aromatic carbocycles. The van der Waals surface area contributed by atoms with Gasteiger partial charge in [-0.2, -0.15) is 0 Å². The van der Waals surface area contributed by atoms with E-state index in [1.165, 1.54) is 0 Å². The molecule has 2 aliphatic heterocycles. The number of benzene rings is 2. The Kier molecular flexibility index (Phi) is 5.81. The molecule has 162 valence electrons. The van der Waals surface area contributed by atoms with E-state index >= 15 is 0 Å². The van der Waals surface area contributed by atoms with E-state index in [1.807, 2.05) is 0 Å². The van der Waals surface area contributed by atoms with Crippen molar-refractivity contribution in [2.24, 2.45) is 0 Å². The van der Waals surface area contributed by atoms with Crippen molar-refractivity contribution in [3.8, 4) is 23.0 Å². The number of allylic oxidation sites excluding steroid dienone is 1. The molecule has 8 heteroatoms. The quantitative estimate of drug-likeness (QED) is 0.694. The number of nitrogens with zero attached hydrogens (tertiary/aromatic N) is 1. The second-order valence-corrected chi connectivity index (χ2v) is 7.08. The minimum atomic E-state index is -0.450. The normalized spacial score (nSPS) is 16.7. The first-order valence-electron chi connectivity index (χ1n) is 9.86. The molecule has 1 fully saturated rings. The minimum Gasteiger partial charge on any atom is -0.497 e. The highest BCUT2D eigenvalue weighted by Gasteiger charge is 2.31. The van der Waals surface area contributed by atoms with Crippen molar-refractivity contribution in [1.29, 1.82) is 0 Å². The number of carbonyl (C=O) groups excluding carboxylic acids is 2. The van der Waals surface area contributed by atoms with E-state index in [-0.39, 0.29) is 11.5 Å². The molecule has 2 aromatic rings. The van der Waals surface area contributed by atoms with Gasteiger partial charge < -0.3 is 28.6 Å². The van der Waals surface area contributed by atoms with Crippen LogP contribution in [0.5, 0.6) is 23.0 Å². The first-order valence-corrected chi connectivity index (χ1v) is 9.86. The molecule has 0 atom stereocenters. The van der Waals surface area contributed by atoms with Crippen LogP contribution in [0.25, 0.3) is 6.08 Å². The zero-order valence-corrected chi connectivity index (χ0v) is 17.6. The molecule has 4 rings (SSSR count). The minimum absolute atomic E-state index is 0.165. The zero-order valence-electron chi connectivity index (χ0n) is 17.6. The summed E-state index contributed by atoms with van der Waals surface area (Å²) in [6.45, 7) is 3.69. The molecular weight excluding hydrogens is 402 g/mol. The Morgan fingerprint density at radius 1 is 1.06 bits per heavy atom. The van der Waals surface area contributed by atoms with Crippen molar-refractivity contribution < 1.29 is 33.3 Å². The van der Waals surface area contributed by atoms with Crippen LogP contribution in [0, 0.1) is 6.92 Å². The smallest absolute Gasteiger partial charge is 0.415 e. The average Bonchev–Trinajstić information content (AvgIpc) is 3.12. The first-order chi connectivity index (χ1) is 15.0. The van der Waals surface area contributed by atoms with E-state index in [0.29, 0.717) is 66.0 Å². The number of fused-ring (bicyclic) bond motifs is 1. The number of amides is 1. The molecule has 1 saturated heterocycles. The van der Waals surface area contributed by atoms with Gasteiger partial charge in [-0.3, -0.25) is 4.79 Å². The molecule has 0 spiro atoms. The zero-order chi connectivity index (χ0) is 22.0. The molecule has 0 N–H and O–H groups in total. The fourth-order valence-electron chi connectivity index (χ4n) is 3.46. The van der Waals surface area contributed by atoms with Gasteiger partial charge in [-0.1, -0.05) is 0 Å². The van der Waals surface area contributed by atoms with Crippen molar-refractivity contribution in [3.63, 3.8) is 0 Å². The molecule has 2 aliphatic rings. The number of methoxy groups -OCH3 is 2. The van der Waals surface area contributed by atoms with Crippen molar-refractivity contribution in [3.05, 3.63) is 52.8 Å². The Labute approximate surface area is 179 Å². The van der Waals surface area contributed by atoms with Gasteiger partial charge in [0.25, 0.3) is 0 Å². The van der Waals surface area contributed by atoms with Crippen LogP contribution >= 0.6 is 0 Å². The summed E-state index contributed by atoms with van der Waals surface area (Å²) in [5.41, 5.74) is 1.68. The number of ketones is 1. The highest BCUT2D eigenvalue weighted by Crippen LogP contribution is 2.40. The van der Waals surface area contributed by atoms with Crippen LogP contribution < -0.4 is 18.9 Å². The molecule has 8 nitrogen and oxygen atoms in total. The van der Waals surface area contributed by atoms with Gasteiger partial charge in [-0.15, -0.1) is 0 Å². The lowest BCUT2D eigenvalue weighted by atomic mass is 10.1. The van der Waals surface area contributed by atoms with E-state index in [0.717, 1.165) is 0 Å². The molecule has 0 aromatic heterocycles. The number of ether oxygens (including phenoxy) is 5. The van der Waals surface area contributed by atoms with Crippen LogP contribution in [0.3, 0.4) is 0 Å². The number of hydrogen-bond donors (Lipinski definition) is 0. The van der Waals surface area contributed by atoms with Crippen LogP contribution in [0.15, 0.2) is 36.1 Å². The topological polar surface area (TPSA) is 83.5 Å². The summed E-state index contributed by atoms with van der Waals surface area (Å²) >= 11 is 0. The van der Waals surface area contributed by atoms with Crippen molar-refractivity contribution in [1.82, 2.24) is 4.90 Å². The van der Waals surface area contributed by atoms with Crippen LogP contribution in [0.2, 0.25) is 0 Å². The monoisotopic (exact) mass is 425 g/mol. The molecule has 2 heterocycles. The van der Waals surface area contributed by atoms with Gasteiger partial charge in [-0.05, 0) is 37.3 Å². The van der Waals surface area contributed by atoms with Crippen LogP contribution in [0.4, 0.5) is 4.79 Å². The van der Waals surface area contributed by atoms with Crippen molar-refractivity contribution >= 4 is 18.0 Å². The maximum atomic E-state index is 12.9. The summed E-state index contributed by atoms with van der Waals surface area (Å²) in [4.78, 5) is 26.9. The SMILES string of the molecule is COc1ccc(/C=C2\Oc3c(ccc(OC(=O)N4CCOCC4)c3C)C2=O)c(OC)c1. The Balaban J connectivity index is 1.58.